The Hall–Kier alpha value is -2.86. The number of ether oxygens (including phenoxy) is 2. The number of thioether (sulfide) groups is 2. The number of para-hydroxylation sites is 2. The predicted octanol–water partition coefficient (Wildman–Crippen LogP) is 3.42. The Kier molecular flexibility index (Phi) is 11.0. The zero-order valence-corrected chi connectivity index (χ0v) is 24.6. The van der Waals surface area contributed by atoms with E-state index in [4.69, 9.17) is 19.4 Å². The second-order valence-corrected chi connectivity index (χ2v) is 11.6. The summed E-state index contributed by atoms with van der Waals surface area (Å²) >= 11 is 2.64. The van der Waals surface area contributed by atoms with Gasteiger partial charge in [0.05, 0.1) is 47.6 Å². The molecule has 2 aromatic rings. The van der Waals surface area contributed by atoms with Gasteiger partial charge in [0, 0.05) is 26.2 Å². The molecular formula is C28H36N4O6S2. The summed E-state index contributed by atoms with van der Waals surface area (Å²) in [5.41, 5.74) is 1.45. The molecule has 0 aliphatic carbocycles. The van der Waals surface area contributed by atoms with Crippen molar-refractivity contribution in [2.24, 2.45) is 11.8 Å². The summed E-state index contributed by atoms with van der Waals surface area (Å²) in [5, 5.41) is 1.24. The van der Waals surface area contributed by atoms with Crippen molar-refractivity contribution in [1.29, 1.82) is 0 Å². The van der Waals surface area contributed by atoms with Crippen LogP contribution in [0.4, 0.5) is 0 Å². The molecule has 3 heterocycles. The van der Waals surface area contributed by atoms with Gasteiger partial charge in [0.25, 0.3) is 0 Å². The van der Waals surface area contributed by atoms with E-state index in [1.807, 2.05) is 24.3 Å². The summed E-state index contributed by atoms with van der Waals surface area (Å²) in [6.45, 7) is 6.40. The molecule has 0 radical (unpaired) electrons. The summed E-state index contributed by atoms with van der Waals surface area (Å²) in [4.78, 5) is 63.1. The Morgan fingerprint density at radius 2 is 1.10 bits per heavy atom. The number of rotatable bonds is 10. The van der Waals surface area contributed by atoms with Crippen molar-refractivity contribution < 1.29 is 28.7 Å². The number of carbonyl (C=O) groups excluding carboxylic acids is 4. The third-order valence-corrected chi connectivity index (χ3v) is 9.14. The number of fused-ring (bicyclic) bond motifs is 1. The Balaban J connectivity index is 1.34. The van der Waals surface area contributed by atoms with Gasteiger partial charge in [0.1, 0.15) is 10.1 Å². The third-order valence-electron chi connectivity index (χ3n) is 7.11. The van der Waals surface area contributed by atoms with Crippen LogP contribution in [0.3, 0.4) is 0 Å². The number of aromatic nitrogens is 2. The quantitative estimate of drug-likeness (QED) is 0.302. The number of likely N-dealkylation sites (tertiary alicyclic amines) is 2. The van der Waals surface area contributed by atoms with E-state index in [0.29, 0.717) is 75.1 Å². The van der Waals surface area contributed by atoms with Crippen molar-refractivity contribution in [3.63, 3.8) is 0 Å². The summed E-state index contributed by atoms with van der Waals surface area (Å²) < 4.78 is 10.2. The fourth-order valence-electron chi connectivity index (χ4n) is 4.85. The van der Waals surface area contributed by atoms with Crippen LogP contribution in [0.15, 0.2) is 34.3 Å². The van der Waals surface area contributed by atoms with Crippen molar-refractivity contribution in [2.45, 2.75) is 49.6 Å². The molecule has 2 aliphatic heterocycles. The molecule has 4 rings (SSSR count). The molecule has 1 aromatic carbocycles. The van der Waals surface area contributed by atoms with Crippen molar-refractivity contribution in [3.8, 4) is 0 Å². The molecule has 0 N–H and O–H groups in total. The molecule has 10 nitrogen and oxygen atoms in total. The van der Waals surface area contributed by atoms with Crippen molar-refractivity contribution >= 4 is 58.3 Å². The Labute approximate surface area is 242 Å². The molecule has 2 aliphatic rings. The average Bonchev–Trinajstić information content (AvgIpc) is 2.98. The minimum absolute atomic E-state index is 0.0150. The number of piperidine rings is 2. The average molecular weight is 589 g/mol. The molecular weight excluding hydrogens is 552 g/mol. The van der Waals surface area contributed by atoms with Crippen LogP contribution in [0.5, 0.6) is 0 Å². The van der Waals surface area contributed by atoms with Gasteiger partial charge in [0.2, 0.25) is 11.8 Å². The van der Waals surface area contributed by atoms with Gasteiger partial charge in [-0.25, -0.2) is 9.97 Å². The Morgan fingerprint density at radius 1 is 0.725 bits per heavy atom. The number of benzene rings is 1. The summed E-state index contributed by atoms with van der Waals surface area (Å²) in [6, 6.07) is 7.53. The van der Waals surface area contributed by atoms with E-state index >= 15 is 0 Å². The molecule has 2 saturated heterocycles. The Morgan fingerprint density at radius 3 is 1.45 bits per heavy atom. The van der Waals surface area contributed by atoms with Gasteiger partial charge in [-0.3, -0.25) is 19.2 Å². The minimum Gasteiger partial charge on any atom is -0.466 e. The molecule has 0 bridgehead atoms. The van der Waals surface area contributed by atoms with Gasteiger partial charge in [-0.2, -0.15) is 0 Å². The van der Waals surface area contributed by atoms with Crippen LogP contribution < -0.4 is 0 Å². The maximum Gasteiger partial charge on any atom is 0.309 e. The number of nitrogens with zero attached hydrogens (tertiary/aromatic N) is 4. The molecule has 0 unspecified atom stereocenters. The first kappa shape index (κ1) is 30.1. The highest BCUT2D eigenvalue weighted by molar-refractivity contribution is 8.02. The fourth-order valence-corrected chi connectivity index (χ4v) is 6.75. The molecule has 0 spiro atoms. The van der Waals surface area contributed by atoms with Gasteiger partial charge in [-0.1, -0.05) is 35.7 Å². The third kappa shape index (κ3) is 7.87. The van der Waals surface area contributed by atoms with E-state index in [2.05, 4.69) is 0 Å². The molecule has 2 amide bonds. The topological polar surface area (TPSA) is 119 Å². The zero-order chi connectivity index (χ0) is 28.5. The first-order valence-corrected chi connectivity index (χ1v) is 15.8. The first-order valence-electron chi connectivity index (χ1n) is 13.8. The monoisotopic (exact) mass is 588 g/mol. The summed E-state index contributed by atoms with van der Waals surface area (Å²) in [5.74, 6) is -0.318. The maximum absolute atomic E-state index is 13.0. The van der Waals surface area contributed by atoms with Crippen LogP contribution in [0.1, 0.15) is 39.5 Å². The summed E-state index contributed by atoms with van der Waals surface area (Å²) in [6.07, 6.45) is 2.41. The van der Waals surface area contributed by atoms with Gasteiger partial charge < -0.3 is 19.3 Å². The fraction of sp³-hybridized carbons (Fsp3) is 0.571. The zero-order valence-electron chi connectivity index (χ0n) is 23.0. The van der Waals surface area contributed by atoms with Gasteiger partial charge in [-0.15, -0.1) is 0 Å². The van der Waals surface area contributed by atoms with Gasteiger partial charge in [-0.05, 0) is 51.7 Å². The lowest BCUT2D eigenvalue weighted by Gasteiger charge is -2.31. The highest BCUT2D eigenvalue weighted by Gasteiger charge is 2.30. The van der Waals surface area contributed by atoms with Crippen molar-refractivity contribution in [1.82, 2.24) is 19.8 Å². The number of esters is 2. The molecule has 216 valence electrons. The maximum atomic E-state index is 13.0. The van der Waals surface area contributed by atoms with Crippen LogP contribution in [0.25, 0.3) is 11.0 Å². The number of hydrogen-bond acceptors (Lipinski definition) is 10. The second-order valence-electron chi connectivity index (χ2n) is 9.71. The number of carbonyl (C=O) groups is 4. The van der Waals surface area contributed by atoms with E-state index in [-0.39, 0.29) is 47.1 Å². The van der Waals surface area contributed by atoms with E-state index < -0.39 is 0 Å². The lowest BCUT2D eigenvalue weighted by Crippen LogP contribution is -2.41. The van der Waals surface area contributed by atoms with Crippen LogP contribution in [-0.2, 0) is 28.7 Å². The molecule has 12 heteroatoms. The lowest BCUT2D eigenvalue weighted by molar-refractivity contribution is -0.151. The van der Waals surface area contributed by atoms with E-state index in [9.17, 15) is 19.2 Å². The van der Waals surface area contributed by atoms with Crippen molar-refractivity contribution in [2.75, 3.05) is 50.9 Å². The lowest BCUT2D eigenvalue weighted by atomic mass is 9.97. The number of hydrogen-bond donors (Lipinski definition) is 0. The standard InChI is InChI=1S/C28H36N4O6S2/c1-3-37-27(35)19-9-13-31(14-10-19)23(33)17-39-25-26(30-22-8-6-5-7-21(22)29-25)40-18-24(34)32-15-11-20(12-16-32)28(36)38-4-2/h5-8,19-20H,3-4,9-18H2,1-2H3. The van der Waals surface area contributed by atoms with Crippen LogP contribution in [0, 0.1) is 11.8 Å². The molecule has 2 fully saturated rings. The molecule has 40 heavy (non-hydrogen) atoms. The van der Waals surface area contributed by atoms with Gasteiger partial charge >= 0.3 is 11.9 Å². The molecule has 0 atom stereocenters. The molecule has 0 saturated carbocycles. The smallest absolute Gasteiger partial charge is 0.309 e. The van der Waals surface area contributed by atoms with E-state index in [0.717, 1.165) is 11.0 Å². The highest BCUT2D eigenvalue weighted by Crippen LogP contribution is 2.31. The van der Waals surface area contributed by atoms with E-state index in [1.54, 1.807) is 23.6 Å². The van der Waals surface area contributed by atoms with E-state index in [1.165, 1.54) is 23.5 Å². The normalized spacial score (nSPS) is 16.6. The van der Waals surface area contributed by atoms with Crippen LogP contribution in [-0.4, -0.2) is 94.4 Å². The number of amides is 2. The highest BCUT2D eigenvalue weighted by atomic mass is 32.2. The van der Waals surface area contributed by atoms with Crippen LogP contribution >= 0.6 is 23.5 Å². The molecule has 1 aromatic heterocycles. The van der Waals surface area contributed by atoms with Crippen LogP contribution in [0.2, 0.25) is 0 Å². The largest absolute Gasteiger partial charge is 0.466 e. The first-order chi connectivity index (χ1) is 19.4. The summed E-state index contributed by atoms with van der Waals surface area (Å²) in [7, 11) is 0. The Bertz CT molecular complexity index is 1120. The minimum atomic E-state index is -0.185. The second kappa shape index (κ2) is 14.7. The van der Waals surface area contributed by atoms with Gasteiger partial charge in [0.15, 0.2) is 0 Å². The SMILES string of the molecule is CCOC(=O)C1CCN(C(=O)CSc2nc3ccccc3nc2SCC(=O)N2CCC(C(=O)OCC)CC2)CC1. The predicted molar refractivity (Wildman–Crippen MR) is 153 cm³/mol. The van der Waals surface area contributed by atoms with Crippen molar-refractivity contribution in [3.05, 3.63) is 24.3 Å².